The van der Waals surface area contributed by atoms with E-state index in [4.69, 9.17) is 4.74 Å². The number of fused-ring (bicyclic) bond motifs is 1. The van der Waals surface area contributed by atoms with E-state index in [1.807, 2.05) is 27.7 Å². The van der Waals surface area contributed by atoms with Gasteiger partial charge in [-0.1, -0.05) is 19.1 Å². The normalized spacial score (nSPS) is 16.7. The van der Waals surface area contributed by atoms with E-state index < -0.39 is 12.0 Å². The van der Waals surface area contributed by atoms with Gasteiger partial charge in [-0.2, -0.15) is 0 Å². The van der Waals surface area contributed by atoms with Crippen molar-refractivity contribution >= 4 is 6.09 Å². The summed E-state index contributed by atoms with van der Waals surface area (Å²) in [5, 5.41) is 0. The molecule has 2 heterocycles. The molecule has 1 aliphatic rings. The van der Waals surface area contributed by atoms with Crippen LogP contribution < -0.4 is 4.74 Å². The number of imidazole rings is 1. The van der Waals surface area contributed by atoms with Crippen LogP contribution in [0.1, 0.15) is 57.2 Å². The van der Waals surface area contributed by atoms with Crippen LogP contribution in [0.25, 0.3) is 0 Å². The lowest BCUT2D eigenvalue weighted by atomic mass is 10.0. The van der Waals surface area contributed by atoms with Gasteiger partial charge in [0.25, 0.3) is 0 Å². The van der Waals surface area contributed by atoms with Crippen molar-refractivity contribution in [3.8, 4) is 5.75 Å². The van der Waals surface area contributed by atoms with E-state index in [0.717, 1.165) is 23.5 Å². The second-order valence-electron chi connectivity index (χ2n) is 8.52. The standard InChI is InChI=1S/C22H28F3N3O3/c1-5-19-26-14-18-17(28(13-12-27(18)19)20(29)31-21(2,3)4)11-8-15-6-9-16(10-7-15)30-22(23,24)25/h6-7,9-10,14,17H,5,8,11-13H2,1-4H3. The predicted octanol–water partition coefficient (Wildman–Crippen LogP) is 5.27. The number of hydrogen-bond donors (Lipinski definition) is 0. The van der Waals surface area contributed by atoms with E-state index in [1.165, 1.54) is 12.1 Å². The third kappa shape index (κ3) is 5.92. The number of alkyl halides is 3. The van der Waals surface area contributed by atoms with Gasteiger partial charge in [0.15, 0.2) is 0 Å². The number of ether oxygens (including phenoxy) is 2. The summed E-state index contributed by atoms with van der Waals surface area (Å²) in [7, 11) is 0. The fourth-order valence-corrected chi connectivity index (χ4v) is 3.76. The highest BCUT2D eigenvalue weighted by molar-refractivity contribution is 5.69. The number of carbonyl (C=O) groups excluding carboxylic acids is 1. The van der Waals surface area contributed by atoms with E-state index in [2.05, 4.69) is 14.3 Å². The van der Waals surface area contributed by atoms with Gasteiger partial charge < -0.3 is 14.0 Å². The van der Waals surface area contributed by atoms with E-state index in [9.17, 15) is 18.0 Å². The van der Waals surface area contributed by atoms with E-state index in [1.54, 1.807) is 23.2 Å². The predicted molar refractivity (Wildman–Crippen MR) is 109 cm³/mol. The molecule has 1 amide bonds. The Kier molecular flexibility index (Phi) is 6.52. The maximum atomic E-state index is 12.9. The first kappa shape index (κ1) is 23.0. The summed E-state index contributed by atoms with van der Waals surface area (Å²) in [6.07, 6.45) is -1.33. The molecule has 0 saturated heterocycles. The lowest BCUT2D eigenvalue weighted by Crippen LogP contribution is -2.44. The topological polar surface area (TPSA) is 56.6 Å². The van der Waals surface area contributed by atoms with Crippen LogP contribution >= 0.6 is 0 Å². The van der Waals surface area contributed by atoms with Crippen LogP contribution in [0.2, 0.25) is 0 Å². The number of amides is 1. The Hall–Kier alpha value is -2.71. The number of benzene rings is 1. The summed E-state index contributed by atoms with van der Waals surface area (Å²) >= 11 is 0. The molecule has 1 aromatic heterocycles. The highest BCUT2D eigenvalue weighted by Crippen LogP contribution is 2.32. The molecule has 0 saturated carbocycles. The molecule has 31 heavy (non-hydrogen) atoms. The molecule has 3 rings (SSSR count). The van der Waals surface area contributed by atoms with Crippen LogP contribution in [0.4, 0.5) is 18.0 Å². The van der Waals surface area contributed by atoms with E-state index in [-0.39, 0.29) is 17.9 Å². The van der Waals surface area contributed by atoms with Crippen LogP contribution in [-0.4, -0.2) is 39.1 Å². The summed E-state index contributed by atoms with van der Waals surface area (Å²) in [6.45, 7) is 8.68. The Balaban J connectivity index is 1.77. The van der Waals surface area contributed by atoms with Crippen LogP contribution in [0.5, 0.6) is 5.75 Å². The van der Waals surface area contributed by atoms with Crippen LogP contribution in [-0.2, 0) is 24.1 Å². The van der Waals surface area contributed by atoms with Crippen LogP contribution in [0, 0.1) is 0 Å². The lowest BCUT2D eigenvalue weighted by molar-refractivity contribution is -0.274. The van der Waals surface area contributed by atoms with Crippen LogP contribution in [0.3, 0.4) is 0 Å². The molecule has 170 valence electrons. The van der Waals surface area contributed by atoms with Gasteiger partial charge in [-0.25, -0.2) is 9.78 Å². The molecule has 0 bridgehead atoms. The fourth-order valence-electron chi connectivity index (χ4n) is 3.76. The van der Waals surface area contributed by atoms with Gasteiger partial charge in [-0.05, 0) is 51.3 Å². The van der Waals surface area contributed by atoms with Gasteiger partial charge in [0.05, 0.1) is 17.9 Å². The van der Waals surface area contributed by atoms with Crippen molar-refractivity contribution in [2.45, 2.75) is 71.5 Å². The number of carbonyl (C=O) groups is 1. The maximum Gasteiger partial charge on any atom is 0.573 e. The van der Waals surface area contributed by atoms with Gasteiger partial charge in [0.2, 0.25) is 0 Å². The van der Waals surface area contributed by atoms with Crippen LogP contribution in [0.15, 0.2) is 30.5 Å². The number of hydrogen-bond acceptors (Lipinski definition) is 4. The second kappa shape index (κ2) is 8.80. The smallest absolute Gasteiger partial charge is 0.444 e. The highest BCUT2D eigenvalue weighted by Gasteiger charge is 2.35. The molecule has 2 aromatic rings. The summed E-state index contributed by atoms with van der Waals surface area (Å²) in [6, 6.07) is 5.58. The number of nitrogens with zero attached hydrogens (tertiary/aromatic N) is 3. The molecular formula is C22H28F3N3O3. The zero-order valence-electron chi connectivity index (χ0n) is 18.2. The van der Waals surface area contributed by atoms with Crippen molar-refractivity contribution in [3.05, 3.63) is 47.5 Å². The fraction of sp³-hybridized carbons (Fsp3) is 0.545. The van der Waals surface area contributed by atoms with E-state index in [0.29, 0.717) is 25.9 Å². The monoisotopic (exact) mass is 439 g/mol. The second-order valence-corrected chi connectivity index (χ2v) is 8.52. The molecule has 0 fully saturated rings. The molecule has 1 atom stereocenters. The minimum atomic E-state index is -4.72. The summed E-state index contributed by atoms with van der Waals surface area (Å²) < 4.78 is 48.8. The minimum Gasteiger partial charge on any atom is -0.444 e. The third-order valence-electron chi connectivity index (χ3n) is 5.06. The molecule has 6 nitrogen and oxygen atoms in total. The van der Waals surface area contributed by atoms with Crippen molar-refractivity contribution in [1.29, 1.82) is 0 Å². The Morgan fingerprint density at radius 2 is 1.84 bits per heavy atom. The summed E-state index contributed by atoms with van der Waals surface area (Å²) in [4.78, 5) is 19.1. The van der Waals surface area contributed by atoms with Crippen molar-refractivity contribution in [3.63, 3.8) is 0 Å². The summed E-state index contributed by atoms with van der Waals surface area (Å²) in [5.74, 6) is 0.715. The lowest BCUT2D eigenvalue weighted by Gasteiger charge is -2.38. The molecule has 1 aliphatic heterocycles. The van der Waals surface area contributed by atoms with Crippen molar-refractivity contribution in [2.75, 3.05) is 6.54 Å². The van der Waals surface area contributed by atoms with E-state index >= 15 is 0 Å². The number of rotatable bonds is 5. The molecule has 0 spiro atoms. The first-order valence-electron chi connectivity index (χ1n) is 10.4. The van der Waals surface area contributed by atoms with Gasteiger partial charge in [-0.3, -0.25) is 4.90 Å². The molecule has 0 N–H and O–H groups in total. The Morgan fingerprint density at radius 3 is 2.42 bits per heavy atom. The van der Waals surface area contributed by atoms with Crippen molar-refractivity contribution < 1.29 is 27.4 Å². The Morgan fingerprint density at radius 1 is 1.16 bits per heavy atom. The van der Waals surface area contributed by atoms with Gasteiger partial charge in [-0.15, -0.1) is 13.2 Å². The molecule has 0 aliphatic carbocycles. The SMILES string of the molecule is CCc1ncc2n1CCN(C(=O)OC(C)(C)C)C2CCc1ccc(OC(F)(F)F)cc1. The average molecular weight is 439 g/mol. The number of halogens is 3. The molecule has 1 unspecified atom stereocenters. The van der Waals surface area contributed by atoms with Gasteiger partial charge in [0, 0.05) is 19.5 Å². The minimum absolute atomic E-state index is 0.234. The molecule has 1 aromatic carbocycles. The third-order valence-corrected chi connectivity index (χ3v) is 5.06. The molecule has 9 heteroatoms. The number of aryl methyl sites for hydroxylation is 2. The van der Waals surface area contributed by atoms with Gasteiger partial charge in [0.1, 0.15) is 17.2 Å². The van der Waals surface area contributed by atoms with Crippen molar-refractivity contribution in [1.82, 2.24) is 14.5 Å². The Bertz CT molecular complexity index is 901. The Labute approximate surface area is 180 Å². The molecular weight excluding hydrogens is 411 g/mol. The zero-order chi connectivity index (χ0) is 22.8. The maximum absolute atomic E-state index is 12.9. The summed E-state index contributed by atoms with van der Waals surface area (Å²) in [5.41, 5.74) is 1.19. The van der Waals surface area contributed by atoms with Gasteiger partial charge >= 0.3 is 12.5 Å². The number of aromatic nitrogens is 2. The van der Waals surface area contributed by atoms with Crippen molar-refractivity contribution in [2.24, 2.45) is 0 Å². The average Bonchev–Trinajstić information content (AvgIpc) is 3.08. The first-order valence-corrected chi connectivity index (χ1v) is 10.4. The largest absolute Gasteiger partial charge is 0.573 e. The molecule has 0 radical (unpaired) electrons. The zero-order valence-corrected chi connectivity index (χ0v) is 18.2. The quantitative estimate of drug-likeness (QED) is 0.637. The highest BCUT2D eigenvalue weighted by atomic mass is 19.4. The first-order chi connectivity index (χ1) is 14.5.